The molecule has 4 aromatic rings. The van der Waals surface area contributed by atoms with Crippen LogP contribution in [0.4, 0.5) is 0 Å². The van der Waals surface area contributed by atoms with Gasteiger partial charge >= 0.3 is 0 Å². The van der Waals surface area contributed by atoms with E-state index in [4.69, 9.17) is 14.2 Å². The Morgan fingerprint density at radius 3 is 1.69 bits per heavy atom. The van der Waals surface area contributed by atoms with E-state index in [1.54, 1.807) is 0 Å². The molecule has 0 amide bonds. The van der Waals surface area contributed by atoms with Crippen LogP contribution in [-0.2, 0) is 27.3 Å². The van der Waals surface area contributed by atoms with Crippen LogP contribution in [0.25, 0.3) is 22.1 Å². The van der Waals surface area contributed by atoms with Crippen molar-refractivity contribution in [1.29, 1.82) is 0 Å². The molecule has 0 spiro atoms. The number of hydrogen-bond acceptors (Lipinski definition) is 8. The number of hydrogen-bond donors (Lipinski definition) is 3. The summed E-state index contributed by atoms with van der Waals surface area (Å²) in [5, 5.41) is 31.1. The summed E-state index contributed by atoms with van der Waals surface area (Å²) in [5.41, 5.74) is 9.16. The van der Waals surface area contributed by atoms with Gasteiger partial charge in [-0.25, -0.2) is 9.97 Å². The van der Waals surface area contributed by atoms with Crippen LogP contribution in [0.1, 0.15) is 47.9 Å². The van der Waals surface area contributed by atoms with E-state index in [1.807, 2.05) is 12.7 Å². The van der Waals surface area contributed by atoms with E-state index < -0.39 is 37.3 Å². The van der Waals surface area contributed by atoms with Crippen molar-refractivity contribution < 1.29 is 29.5 Å². The molecule has 1 saturated heterocycles. The van der Waals surface area contributed by atoms with Gasteiger partial charge in [0.05, 0.1) is 41.3 Å². The monoisotopic (exact) mass is 580 g/mol. The smallest absolute Gasteiger partial charge is 0.184 e. The van der Waals surface area contributed by atoms with Gasteiger partial charge in [0, 0.05) is 26.3 Å². The average Bonchev–Trinajstić information content (AvgIpc) is 3.54. The first-order valence-corrected chi connectivity index (χ1v) is 15.0. The predicted molar refractivity (Wildman–Crippen MR) is 160 cm³/mol. The molecule has 0 aliphatic carbocycles. The number of nitrogens with zero attached hydrogens (tertiary/aromatic N) is 4. The molecule has 1 fully saturated rings. The minimum absolute atomic E-state index is 0.374. The van der Waals surface area contributed by atoms with Gasteiger partial charge in [0.1, 0.15) is 24.4 Å². The zero-order chi connectivity index (χ0) is 29.8. The minimum Gasteiger partial charge on any atom is -0.394 e. The van der Waals surface area contributed by atoms with E-state index >= 15 is 0 Å². The topological polar surface area (TPSA) is 124 Å². The maximum Gasteiger partial charge on any atom is 0.184 e. The van der Waals surface area contributed by atoms with E-state index in [0.717, 1.165) is 60.8 Å². The number of aliphatic hydroxyl groups excluding tert-OH is 3. The molecule has 0 radical (unpaired) electrons. The number of benzene rings is 2. The van der Waals surface area contributed by atoms with E-state index in [2.05, 4.69) is 71.1 Å². The van der Waals surface area contributed by atoms with E-state index in [-0.39, 0.29) is 0 Å². The van der Waals surface area contributed by atoms with E-state index in [0.29, 0.717) is 13.2 Å². The maximum absolute atomic E-state index is 10.8. The fourth-order valence-electron chi connectivity index (χ4n) is 5.62. The van der Waals surface area contributed by atoms with Crippen LogP contribution in [0.2, 0.25) is 0 Å². The highest BCUT2D eigenvalue weighted by molar-refractivity contribution is 5.78. The van der Waals surface area contributed by atoms with Gasteiger partial charge in [0.2, 0.25) is 0 Å². The van der Waals surface area contributed by atoms with Crippen LogP contribution in [0.15, 0.2) is 36.9 Å². The lowest BCUT2D eigenvalue weighted by molar-refractivity contribution is -0.303. The zero-order valence-electron chi connectivity index (χ0n) is 25.1. The number of imidazole rings is 2. The van der Waals surface area contributed by atoms with Gasteiger partial charge in [0.15, 0.2) is 6.29 Å². The first kappa shape index (κ1) is 30.6. The highest BCUT2D eigenvalue weighted by Gasteiger charge is 2.45. The highest BCUT2D eigenvalue weighted by atomic mass is 16.7. The Balaban J connectivity index is 1.10. The van der Waals surface area contributed by atoms with Crippen LogP contribution in [0.3, 0.4) is 0 Å². The standard InChI is InChI=1S/C32H44N4O6/c1-20-13-24-26(15-22(20)3)35(18-33-24)9-5-7-11-40-30-29(38)28(17-37)42-32(39)31(30)41-12-8-6-10-36-19-34-25-14-21(2)23(4)16-27(25)36/h13-16,18-19,28-32,37-39H,5-12,17H2,1-4H3/t28-,29-,30+,31-,32?/m1/s1. The van der Waals surface area contributed by atoms with Crippen LogP contribution in [0, 0.1) is 27.7 Å². The van der Waals surface area contributed by atoms with Crippen molar-refractivity contribution in [3.05, 3.63) is 59.2 Å². The van der Waals surface area contributed by atoms with Crippen LogP contribution in [0.5, 0.6) is 0 Å². The fraction of sp³-hybridized carbons (Fsp3) is 0.562. The lowest BCUT2D eigenvalue weighted by Gasteiger charge is -2.42. The number of fused-ring (bicyclic) bond motifs is 2. The fourth-order valence-corrected chi connectivity index (χ4v) is 5.62. The van der Waals surface area contributed by atoms with E-state index in [9.17, 15) is 15.3 Å². The summed E-state index contributed by atoms with van der Waals surface area (Å²) in [4.78, 5) is 9.05. The molecule has 42 heavy (non-hydrogen) atoms. The van der Waals surface area contributed by atoms with Crippen LogP contribution in [-0.4, -0.2) is 84.9 Å². The Hall–Kier alpha value is -2.86. The summed E-state index contributed by atoms with van der Waals surface area (Å²) >= 11 is 0. The molecule has 2 aromatic carbocycles. The van der Waals surface area contributed by atoms with Gasteiger partial charge in [-0.3, -0.25) is 0 Å². The molecular formula is C32H44N4O6. The minimum atomic E-state index is -1.30. The summed E-state index contributed by atoms with van der Waals surface area (Å²) in [5.74, 6) is 0. The van der Waals surface area contributed by atoms with Crippen LogP contribution < -0.4 is 0 Å². The normalized spacial score (nSPS) is 22.9. The predicted octanol–water partition coefficient (Wildman–Crippen LogP) is 3.72. The molecule has 5 rings (SSSR count). The molecular weight excluding hydrogens is 536 g/mol. The third-order valence-corrected chi connectivity index (χ3v) is 8.50. The van der Waals surface area contributed by atoms with Crippen molar-refractivity contribution in [2.45, 2.75) is 97.2 Å². The van der Waals surface area contributed by atoms with Gasteiger partial charge in [0.25, 0.3) is 0 Å². The van der Waals surface area contributed by atoms with Gasteiger partial charge in [-0.1, -0.05) is 0 Å². The summed E-state index contributed by atoms with van der Waals surface area (Å²) in [6, 6.07) is 8.57. The number of ether oxygens (including phenoxy) is 3. The molecule has 10 nitrogen and oxygen atoms in total. The lowest BCUT2D eigenvalue weighted by Crippen LogP contribution is -2.60. The third kappa shape index (κ3) is 6.69. The molecule has 5 atom stereocenters. The Bertz CT molecular complexity index is 1480. The third-order valence-electron chi connectivity index (χ3n) is 8.50. The lowest BCUT2D eigenvalue weighted by atomic mass is 9.98. The van der Waals surface area contributed by atoms with Crippen molar-refractivity contribution in [2.75, 3.05) is 19.8 Å². The van der Waals surface area contributed by atoms with E-state index in [1.165, 1.54) is 22.3 Å². The Kier molecular flexibility index (Phi) is 9.92. The SMILES string of the molecule is Cc1cc2ncn(CCCCO[C@H]3[C@H](O)[C@@H](CO)OC(O)[C@@H]3OCCCCn3cnc4cc(C)c(C)cc43)c2cc1C. The maximum atomic E-state index is 10.8. The number of aromatic nitrogens is 4. The van der Waals surface area contributed by atoms with Crippen molar-refractivity contribution in [3.8, 4) is 0 Å². The molecule has 10 heteroatoms. The second kappa shape index (κ2) is 13.6. The molecule has 3 heterocycles. The van der Waals surface area contributed by atoms with Crippen molar-refractivity contribution in [3.63, 3.8) is 0 Å². The average molecular weight is 581 g/mol. The zero-order valence-corrected chi connectivity index (χ0v) is 25.1. The largest absolute Gasteiger partial charge is 0.394 e. The summed E-state index contributed by atoms with van der Waals surface area (Å²) < 4.78 is 21.8. The first-order valence-electron chi connectivity index (χ1n) is 15.0. The van der Waals surface area contributed by atoms with Crippen LogP contribution >= 0.6 is 0 Å². The molecule has 1 unspecified atom stereocenters. The second-order valence-electron chi connectivity index (χ2n) is 11.5. The van der Waals surface area contributed by atoms with Gasteiger partial charge in [-0.15, -0.1) is 0 Å². The number of aliphatic hydroxyl groups is 3. The molecule has 228 valence electrons. The number of unbranched alkanes of at least 4 members (excludes halogenated alkanes) is 2. The Labute approximate surface area is 246 Å². The highest BCUT2D eigenvalue weighted by Crippen LogP contribution is 2.26. The van der Waals surface area contributed by atoms with Crippen molar-refractivity contribution in [1.82, 2.24) is 19.1 Å². The van der Waals surface area contributed by atoms with Crippen molar-refractivity contribution >= 4 is 22.1 Å². The number of rotatable bonds is 13. The molecule has 3 N–H and O–H groups in total. The van der Waals surface area contributed by atoms with Gasteiger partial charge < -0.3 is 38.7 Å². The molecule has 2 aromatic heterocycles. The molecule has 0 bridgehead atoms. The van der Waals surface area contributed by atoms with Gasteiger partial charge in [-0.2, -0.15) is 0 Å². The summed E-state index contributed by atoms with van der Waals surface area (Å²) in [7, 11) is 0. The molecule has 1 aliphatic rings. The molecule has 0 saturated carbocycles. The van der Waals surface area contributed by atoms with Crippen molar-refractivity contribution in [2.24, 2.45) is 0 Å². The molecule has 1 aliphatic heterocycles. The summed E-state index contributed by atoms with van der Waals surface area (Å²) in [6.45, 7) is 10.3. The Morgan fingerprint density at radius 2 is 1.19 bits per heavy atom. The summed E-state index contributed by atoms with van der Waals surface area (Å²) in [6.07, 6.45) is 1.94. The van der Waals surface area contributed by atoms with Gasteiger partial charge in [-0.05, 0) is 99.9 Å². The quantitative estimate of drug-likeness (QED) is 0.205. The first-order chi connectivity index (χ1) is 20.3. The number of aryl methyl sites for hydroxylation is 6. The Morgan fingerprint density at radius 1 is 0.714 bits per heavy atom. The second-order valence-corrected chi connectivity index (χ2v) is 11.5.